The van der Waals surface area contributed by atoms with E-state index in [1.165, 1.54) is 0 Å². The zero-order valence-corrected chi connectivity index (χ0v) is 8.13. The van der Waals surface area contributed by atoms with Crippen molar-refractivity contribution in [2.45, 2.75) is 37.3 Å². The van der Waals surface area contributed by atoms with E-state index in [4.69, 9.17) is 5.73 Å². The fourth-order valence-electron chi connectivity index (χ4n) is 2.10. The normalized spacial score (nSPS) is 32.9. The van der Waals surface area contributed by atoms with Crippen molar-refractivity contribution in [3.05, 3.63) is 30.1 Å². The maximum absolute atomic E-state index is 9.84. The highest BCUT2D eigenvalue weighted by atomic mass is 16.3. The minimum atomic E-state index is -0.273. The summed E-state index contributed by atoms with van der Waals surface area (Å²) in [6.07, 6.45) is 4.05. The van der Waals surface area contributed by atoms with Gasteiger partial charge >= 0.3 is 0 Å². The van der Waals surface area contributed by atoms with Crippen LogP contribution in [0.1, 0.15) is 30.9 Å². The monoisotopic (exact) mass is 192 g/mol. The minimum Gasteiger partial charge on any atom is -0.392 e. The third kappa shape index (κ3) is 1.94. The lowest BCUT2D eigenvalue weighted by molar-refractivity contribution is 0.0972. The highest BCUT2D eigenvalue weighted by Crippen LogP contribution is 2.31. The van der Waals surface area contributed by atoms with Gasteiger partial charge in [-0.25, -0.2) is 0 Å². The molecule has 1 fully saturated rings. The van der Waals surface area contributed by atoms with Gasteiger partial charge in [0, 0.05) is 23.9 Å². The van der Waals surface area contributed by atoms with Crippen LogP contribution >= 0.6 is 0 Å². The Kier molecular flexibility index (Phi) is 2.79. The summed E-state index contributed by atoms with van der Waals surface area (Å²) in [7, 11) is 0. The lowest BCUT2D eigenvalue weighted by Gasteiger charge is -2.30. The highest BCUT2D eigenvalue weighted by Gasteiger charge is 2.29. The van der Waals surface area contributed by atoms with E-state index in [0.29, 0.717) is 0 Å². The van der Waals surface area contributed by atoms with Crippen LogP contribution in [0.5, 0.6) is 0 Å². The molecule has 3 atom stereocenters. The molecule has 14 heavy (non-hydrogen) atoms. The first-order valence-electron chi connectivity index (χ1n) is 5.12. The maximum Gasteiger partial charge on any atom is 0.0625 e. The van der Waals surface area contributed by atoms with E-state index in [2.05, 4.69) is 4.98 Å². The van der Waals surface area contributed by atoms with Crippen LogP contribution in [0, 0.1) is 0 Å². The molecule has 1 aromatic heterocycles. The Labute approximate surface area is 84.0 Å². The molecule has 0 amide bonds. The minimum absolute atomic E-state index is 0.125. The van der Waals surface area contributed by atoms with Gasteiger partial charge < -0.3 is 10.8 Å². The molecule has 1 heterocycles. The Morgan fingerprint density at radius 3 is 2.93 bits per heavy atom. The molecule has 3 heteroatoms. The molecule has 0 spiro atoms. The average Bonchev–Trinajstić information content (AvgIpc) is 2.23. The van der Waals surface area contributed by atoms with E-state index in [-0.39, 0.29) is 18.1 Å². The molecular formula is C11H16N2O. The summed E-state index contributed by atoms with van der Waals surface area (Å²) >= 11 is 0. The summed E-state index contributed by atoms with van der Waals surface area (Å²) in [5, 5.41) is 9.84. The molecule has 0 bridgehead atoms. The zero-order valence-electron chi connectivity index (χ0n) is 8.13. The van der Waals surface area contributed by atoms with Crippen LogP contribution in [-0.4, -0.2) is 22.2 Å². The number of hydrogen-bond acceptors (Lipinski definition) is 3. The standard InChI is InChI=1S/C11H16N2O/c12-8-4-5-11(14)9(7-8)10-3-1-2-6-13-10/h1-3,6,8-9,11,14H,4-5,7,12H2. The van der Waals surface area contributed by atoms with Gasteiger partial charge in [-0.05, 0) is 31.4 Å². The zero-order chi connectivity index (χ0) is 9.97. The number of nitrogens with two attached hydrogens (primary N) is 1. The number of aromatic nitrogens is 1. The van der Waals surface area contributed by atoms with Crippen LogP contribution in [0.2, 0.25) is 0 Å². The predicted molar refractivity (Wildman–Crippen MR) is 54.8 cm³/mol. The van der Waals surface area contributed by atoms with E-state index < -0.39 is 0 Å². The molecule has 0 saturated heterocycles. The third-order valence-electron chi connectivity index (χ3n) is 2.92. The van der Waals surface area contributed by atoms with Gasteiger partial charge in [0.2, 0.25) is 0 Å². The molecule has 1 aliphatic carbocycles. The van der Waals surface area contributed by atoms with Crippen LogP contribution in [0.15, 0.2) is 24.4 Å². The molecular weight excluding hydrogens is 176 g/mol. The Morgan fingerprint density at radius 2 is 2.21 bits per heavy atom. The molecule has 0 radical (unpaired) electrons. The van der Waals surface area contributed by atoms with Crippen LogP contribution in [0.3, 0.4) is 0 Å². The first-order chi connectivity index (χ1) is 6.77. The van der Waals surface area contributed by atoms with Crippen molar-refractivity contribution < 1.29 is 5.11 Å². The molecule has 0 aromatic carbocycles. The van der Waals surface area contributed by atoms with Gasteiger partial charge in [-0.1, -0.05) is 6.07 Å². The number of pyridine rings is 1. The van der Waals surface area contributed by atoms with E-state index in [0.717, 1.165) is 25.0 Å². The summed E-state index contributed by atoms with van der Waals surface area (Å²) in [5.41, 5.74) is 6.85. The Morgan fingerprint density at radius 1 is 1.36 bits per heavy atom. The van der Waals surface area contributed by atoms with E-state index in [1.807, 2.05) is 18.2 Å². The summed E-state index contributed by atoms with van der Waals surface area (Å²) in [5.74, 6) is 0.125. The lowest BCUT2D eigenvalue weighted by atomic mass is 9.81. The molecule has 3 unspecified atom stereocenters. The number of nitrogens with zero attached hydrogens (tertiary/aromatic N) is 1. The SMILES string of the molecule is NC1CCC(O)C(c2ccccn2)C1. The van der Waals surface area contributed by atoms with Crippen molar-refractivity contribution in [1.29, 1.82) is 0 Å². The first-order valence-corrected chi connectivity index (χ1v) is 5.12. The van der Waals surface area contributed by atoms with Crippen molar-refractivity contribution in [1.82, 2.24) is 4.98 Å². The second-order valence-corrected chi connectivity index (χ2v) is 4.00. The molecule has 1 saturated carbocycles. The fraction of sp³-hybridized carbons (Fsp3) is 0.545. The fourth-order valence-corrected chi connectivity index (χ4v) is 2.10. The van der Waals surface area contributed by atoms with Gasteiger partial charge in [0.25, 0.3) is 0 Å². The Bertz CT molecular complexity index is 289. The van der Waals surface area contributed by atoms with Crippen LogP contribution in [0.4, 0.5) is 0 Å². The third-order valence-corrected chi connectivity index (χ3v) is 2.92. The van der Waals surface area contributed by atoms with Crippen molar-refractivity contribution in [2.24, 2.45) is 5.73 Å². The topological polar surface area (TPSA) is 59.1 Å². The summed E-state index contributed by atoms with van der Waals surface area (Å²) in [4.78, 5) is 4.27. The predicted octanol–water partition coefficient (Wildman–Crippen LogP) is 1.04. The second kappa shape index (κ2) is 4.07. The van der Waals surface area contributed by atoms with Gasteiger partial charge in [-0.3, -0.25) is 4.98 Å². The molecule has 3 N–H and O–H groups in total. The number of aliphatic hydroxyl groups is 1. The Hall–Kier alpha value is -0.930. The Balaban J connectivity index is 2.16. The number of aliphatic hydroxyl groups excluding tert-OH is 1. The van der Waals surface area contributed by atoms with Gasteiger partial charge in [-0.15, -0.1) is 0 Å². The van der Waals surface area contributed by atoms with E-state index in [1.54, 1.807) is 6.20 Å². The molecule has 0 aliphatic heterocycles. The van der Waals surface area contributed by atoms with Gasteiger partial charge in [0.05, 0.1) is 6.10 Å². The van der Waals surface area contributed by atoms with E-state index in [9.17, 15) is 5.11 Å². The summed E-state index contributed by atoms with van der Waals surface area (Å²) in [6, 6.07) is 6.02. The van der Waals surface area contributed by atoms with Crippen LogP contribution in [-0.2, 0) is 0 Å². The largest absolute Gasteiger partial charge is 0.392 e. The van der Waals surface area contributed by atoms with Crippen molar-refractivity contribution in [3.8, 4) is 0 Å². The number of hydrogen-bond donors (Lipinski definition) is 2. The van der Waals surface area contributed by atoms with Gasteiger partial charge in [0.15, 0.2) is 0 Å². The summed E-state index contributed by atoms with van der Waals surface area (Å²) < 4.78 is 0. The highest BCUT2D eigenvalue weighted by molar-refractivity contribution is 5.13. The quantitative estimate of drug-likeness (QED) is 0.699. The van der Waals surface area contributed by atoms with Gasteiger partial charge in [0.1, 0.15) is 0 Å². The van der Waals surface area contributed by atoms with E-state index >= 15 is 0 Å². The smallest absolute Gasteiger partial charge is 0.0625 e. The lowest BCUT2D eigenvalue weighted by Crippen LogP contribution is -2.35. The van der Waals surface area contributed by atoms with Crippen LogP contribution in [0.25, 0.3) is 0 Å². The number of rotatable bonds is 1. The van der Waals surface area contributed by atoms with Gasteiger partial charge in [-0.2, -0.15) is 0 Å². The molecule has 1 aromatic rings. The van der Waals surface area contributed by atoms with Crippen molar-refractivity contribution in [3.63, 3.8) is 0 Å². The molecule has 3 nitrogen and oxygen atoms in total. The molecule has 2 rings (SSSR count). The second-order valence-electron chi connectivity index (χ2n) is 4.00. The van der Waals surface area contributed by atoms with Crippen LogP contribution < -0.4 is 5.73 Å². The van der Waals surface area contributed by atoms with Crippen molar-refractivity contribution in [2.75, 3.05) is 0 Å². The molecule has 1 aliphatic rings. The average molecular weight is 192 g/mol. The first kappa shape index (κ1) is 9.62. The maximum atomic E-state index is 9.84. The molecule has 76 valence electrons. The summed E-state index contributed by atoms with van der Waals surface area (Å²) in [6.45, 7) is 0. The van der Waals surface area contributed by atoms with Crippen molar-refractivity contribution >= 4 is 0 Å².